The van der Waals surface area contributed by atoms with Gasteiger partial charge in [0.15, 0.2) is 0 Å². The summed E-state index contributed by atoms with van der Waals surface area (Å²) in [5.74, 6) is 0.818. The van der Waals surface area contributed by atoms with Gasteiger partial charge in [-0.3, -0.25) is 4.79 Å². The van der Waals surface area contributed by atoms with Crippen LogP contribution in [0.25, 0.3) is 0 Å². The molecule has 2 unspecified atom stereocenters. The minimum Gasteiger partial charge on any atom is -0.353 e. The third-order valence-corrected chi connectivity index (χ3v) is 4.19. The van der Waals surface area contributed by atoms with Gasteiger partial charge in [-0.1, -0.05) is 20.8 Å². The van der Waals surface area contributed by atoms with Crippen molar-refractivity contribution >= 4 is 5.91 Å². The first kappa shape index (κ1) is 15.4. The van der Waals surface area contributed by atoms with Crippen molar-refractivity contribution < 1.29 is 4.79 Å². The Morgan fingerprint density at radius 2 is 1.94 bits per heavy atom. The van der Waals surface area contributed by atoms with Crippen molar-refractivity contribution in [3.05, 3.63) is 0 Å². The maximum atomic E-state index is 12.2. The maximum Gasteiger partial charge on any atom is 0.223 e. The monoisotopic (exact) mass is 255 g/mol. The average Bonchev–Trinajstić information content (AvgIpc) is 2.12. The minimum absolute atomic E-state index is 0.0801. The van der Waals surface area contributed by atoms with Crippen LogP contribution in [0.5, 0.6) is 0 Å². The van der Waals surface area contributed by atoms with Crippen LogP contribution in [0.1, 0.15) is 27.7 Å². The Kier molecular flexibility index (Phi) is 5.17. The quantitative estimate of drug-likeness (QED) is 0.742. The van der Waals surface area contributed by atoms with Gasteiger partial charge in [0.2, 0.25) is 5.91 Å². The smallest absolute Gasteiger partial charge is 0.223 e. The fourth-order valence-electron chi connectivity index (χ4n) is 2.37. The van der Waals surface area contributed by atoms with Crippen LogP contribution in [0.3, 0.4) is 0 Å². The zero-order valence-corrected chi connectivity index (χ0v) is 12.7. The van der Waals surface area contributed by atoms with E-state index in [1.165, 1.54) is 0 Å². The highest BCUT2D eigenvalue weighted by atomic mass is 16.1. The molecular formula is C14H29N3O. The standard InChI is InChI=1S/C14H29N3O/c1-10(12-7-15-8-12)13(18)16-11(2)14(3,4)9-17(5)6/h10-12,15H,7-9H2,1-6H3,(H,16,18). The molecule has 0 saturated carbocycles. The zero-order chi connectivity index (χ0) is 13.9. The Labute approximate surface area is 111 Å². The Morgan fingerprint density at radius 1 is 1.39 bits per heavy atom. The molecule has 0 aromatic carbocycles. The van der Waals surface area contributed by atoms with E-state index in [-0.39, 0.29) is 23.3 Å². The number of rotatable bonds is 6. The van der Waals surface area contributed by atoms with Crippen LogP contribution >= 0.6 is 0 Å². The lowest BCUT2D eigenvalue weighted by atomic mass is 9.83. The first-order chi connectivity index (χ1) is 8.24. The molecular weight excluding hydrogens is 226 g/mol. The third-order valence-electron chi connectivity index (χ3n) is 4.19. The van der Waals surface area contributed by atoms with Gasteiger partial charge in [-0.25, -0.2) is 0 Å². The van der Waals surface area contributed by atoms with Gasteiger partial charge in [0, 0.05) is 18.5 Å². The molecule has 0 aromatic heterocycles. The molecule has 1 saturated heterocycles. The lowest BCUT2D eigenvalue weighted by Crippen LogP contribution is -2.53. The lowest BCUT2D eigenvalue weighted by molar-refractivity contribution is -0.128. The molecule has 1 aliphatic heterocycles. The first-order valence-corrected chi connectivity index (χ1v) is 6.90. The van der Waals surface area contributed by atoms with Crippen molar-refractivity contribution in [3.8, 4) is 0 Å². The molecule has 1 heterocycles. The second kappa shape index (κ2) is 6.02. The predicted octanol–water partition coefficient (Wildman–Crippen LogP) is 0.934. The van der Waals surface area contributed by atoms with Crippen molar-refractivity contribution in [1.29, 1.82) is 0 Å². The van der Waals surface area contributed by atoms with Gasteiger partial charge >= 0.3 is 0 Å². The molecule has 0 radical (unpaired) electrons. The molecule has 106 valence electrons. The van der Waals surface area contributed by atoms with Gasteiger partial charge in [0.05, 0.1) is 0 Å². The fraction of sp³-hybridized carbons (Fsp3) is 0.929. The van der Waals surface area contributed by atoms with Crippen LogP contribution in [0.2, 0.25) is 0 Å². The van der Waals surface area contributed by atoms with Crippen molar-refractivity contribution in [2.45, 2.75) is 33.7 Å². The molecule has 0 aromatic rings. The molecule has 18 heavy (non-hydrogen) atoms. The Balaban J connectivity index is 2.47. The molecule has 4 nitrogen and oxygen atoms in total. The second-order valence-electron chi connectivity index (χ2n) is 6.66. The summed E-state index contributed by atoms with van der Waals surface area (Å²) in [6.45, 7) is 11.5. The van der Waals surface area contributed by atoms with E-state index in [0.29, 0.717) is 5.92 Å². The largest absolute Gasteiger partial charge is 0.353 e. The molecule has 2 N–H and O–H groups in total. The molecule has 0 bridgehead atoms. The summed E-state index contributed by atoms with van der Waals surface area (Å²) in [6.07, 6.45) is 0. The van der Waals surface area contributed by atoms with Crippen LogP contribution in [0, 0.1) is 17.3 Å². The predicted molar refractivity (Wildman–Crippen MR) is 75.5 cm³/mol. The number of nitrogens with one attached hydrogen (secondary N) is 2. The summed E-state index contributed by atoms with van der Waals surface area (Å²) < 4.78 is 0. The van der Waals surface area contributed by atoms with E-state index in [1.54, 1.807) is 0 Å². The van der Waals surface area contributed by atoms with E-state index in [0.717, 1.165) is 19.6 Å². The Hall–Kier alpha value is -0.610. The van der Waals surface area contributed by atoms with Crippen LogP contribution in [0.4, 0.5) is 0 Å². The molecule has 1 rings (SSSR count). The molecule has 1 fully saturated rings. The highest BCUT2D eigenvalue weighted by Gasteiger charge is 2.32. The van der Waals surface area contributed by atoms with Gasteiger partial charge < -0.3 is 15.5 Å². The number of carbonyl (C=O) groups excluding carboxylic acids is 1. The van der Waals surface area contributed by atoms with E-state index in [1.807, 2.05) is 6.92 Å². The minimum atomic E-state index is 0.0801. The number of carbonyl (C=O) groups is 1. The van der Waals surface area contributed by atoms with Gasteiger partial charge in [-0.05, 0) is 45.4 Å². The summed E-state index contributed by atoms with van der Waals surface area (Å²) in [6, 6.07) is 0.183. The highest BCUT2D eigenvalue weighted by molar-refractivity contribution is 5.79. The summed E-state index contributed by atoms with van der Waals surface area (Å²) in [7, 11) is 4.14. The number of hydrogen-bond acceptors (Lipinski definition) is 3. The third kappa shape index (κ3) is 3.95. The van der Waals surface area contributed by atoms with Gasteiger partial charge in [-0.15, -0.1) is 0 Å². The first-order valence-electron chi connectivity index (χ1n) is 6.90. The topological polar surface area (TPSA) is 44.4 Å². The van der Waals surface area contributed by atoms with E-state index in [2.05, 4.69) is 50.4 Å². The summed E-state index contributed by atoms with van der Waals surface area (Å²) in [5.41, 5.74) is 0.0801. The lowest BCUT2D eigenvalue weighted by Gasteiger charge is -2.37. The highest BCUT2D eigenvalue weighted by Crippen LogP contribution is 2.23. The molecule has 1 amide bonds. The summed E-state index contributed by atoms with van der Waals surface area (Å²) in [4.78, 5) is 14.3. The molecule has 1 aliphatic rings. The van der Waals surface area contributed by atoms with E-state index < -0.39 is 0 Å². The van der Waals surface area contributed by atoms with Crippen LogP contribution in [-0.4, -0.2) is 50.6 Å². The molecule has 0 aliphatic carbocycles. The normalized spacial score (nSPS) is 20.4. The average molecular weight is 255 g/mol. The van der Waals surface area contributed by atoms with Crippen LogP contribution in [0.15, 0.2) is 0 Å². The SMILES string of the molecule is CC(C(=O)NC(C)C(C)(C)CN(C)C)C1CNC1. The van der Waals surface area contributed by atoms with E-state index in [9.17, 15) is 4.79 Å². The number of amides is 1. The van der Waals surface area contributed by atoms with Crippen LogP contribution < -0.4 is 10.6 Å². The second-order valence-corrected chi connectivity index (χ2v) is 6.66. The summed E-state index contributed by atoms with van der Waals surface area (Å²) >= 11 is 0. The van der Waals surface area contributed by atoms with E-state index >= 15 is 0 Å². The van der Waals surface area contributed by atoms with Gasteiger partial charge in [0.25, 0.3) is 0 Å². The summed E-state index contributed by atoms with van der Waals surface area (Å²) in [5, 5.41) is 6.40. The van der Waals surface area contributed by atoms with Gasteiger partial charge in [-0.2, -0.15) is 0 Å². The zero-order valence-electron chi connectivity index (χ0n) is 12.7. The van der Waals surface area contributed by atoms with E-state index in [4.69, 9.17) is 0 Å². The number of nitrogens with zero attached hydrogens (tertiary/aromatic N) is 1. The number of hydrogen-bond donors (Lipinski definition) is 2. The van der Waals surface area contributed by atoms with Crippen molar-refractivity contribution in [1.82, 2.24) is 15.5 Å². The Morgan fingerprint density at radius 3 is 2.33 bits per heavy atom. The molecule has 0 spiro atoms. The molecule has 4 heteroatoms. The van der Waals surface area contributed by atoms with Crippen LogP contribution in [-0.2, 0) is 4.79 Å². The van der Waals surface area contributed by atoms with Gasteiger partial charge in [0.1, 0.15) is 0 Å². The maximum absolute atomic E-state index is 12.2. The molecule has 2 atom stereocenters. The Bertz CT molecular complexity index is 285. The van der Waals surface area contributed by atoms with Crippen molar-refractivity contribution in [3.63, 3.8) is 0 Å². The van der Waals surface area contributed by atoms with Crippen molar-refractivity contribution in [2.24, 2.45) is 17.3 Å². The fourth-order valence-corrected chi connectivity index (χ4v) is 2.37. The van der Waals surface area contributed by atoms with Crippen molar-refractivity contribution in [2.75, 3.05) is 33.7 Å².